The number of rotatable bonds is 7. The van der Waals surface area contributed by atoms with Crippen LogP contribution in [0.3, 0.4) is 0 Å². The molecule has 1 aromatic carbocycles. The Kier molecular flexibility index (Phi) is 5.54. The van der Waals surface area contributed by atoms with Crippen LogP contribution in [0.1, 0.15) is 36.7 Å². The highest BCUT2D eigenvalue weighted by Crippen LogP contribution is 2.15. The largest absolute Gasteiger partial charge is 0.370 e. The van der Waals surface area contributed by atoms with Gasteiger partial charge in [0.05, 0.1) is 0 Å². The molecular formula is C17H23N3. The smallest absolute Gasteiger partial charge is 0.132 e. The summed E-state index contributed by atoms with van der Waals surface area (Å²) in [6.07, 6.45) is 6.31. The van der Waals surface area contributed by atoms with Crippen molar-refractivity contribution in [1.82, 2.24) is 9.97 Å². The molecule has 1 heterocycles. The average molecular weight is 269 g/mol. The highest BCUT2D eigenvalue weighted by Gasteiger charge is 2.05. The van der Waals surface area contributed by atoms with E-state index < -0.39 is 0 Å². The van der Waals surface area contributed by atoms with E-state index in [2.05, 4.69) is 52.5 Å². The Labute approximate surface area is 121 Å². The van der Waals surface area contributed by atoms with Gasteiger partial charge in [-0.15, -0.1) is 0 Å². The quantitative estimate of drug-likeness (QED) is 0.777. The summed E-state index contributed by atoms with van der Waals surface area (Å²) in [5.41, 5.74) is 2.56. The maximum Gasteiger partial charge on any atom is 0.132 e. The molecule has 0 amide bonds. The summed E-state index contributed by atoms with van der Waals surface area (Å²) in [4.78, 5) is 8.86. The maximum absolute atomic E-state index is 4.54. The van der Waals surface area contributed by atoms with E-state index in [1.54, 1.807) is 0 Å². The minimum absolute atomic E-state index is 0.826. The van der Waals surface area contributed by atoms with Crippen LogP contribution < -0.4 is 5.32 Å². The van der Waals surface area contributed by atoms with Gasteiger partial charge < -0.3 is 5.32 Å². The van der Waals surface area contributed by atoms with E-state index in [1.165, 1.54) is 24.0 Å². The third-order valence-corrected chi connectivity index (χ3v) is 3.33. The van der Waals surface area contributed by atoms with Crippen molar-refractivity contribution in [2.75, 3.05) is 11.9 Å². The Balaban J connectivity index is 2.02. The number of benzene rings is 1. The van der Waals surface area contributed by atoms with Gasteiger partial charge in [-0.25, -0.2) is 9.97 Å². The number of anilines is 1. The lowest BCUT2D eigenvalue weighted by Gasteiger charge is -2.11. The summed E-state index contributed by atoms with van der Waals surface area (Å²) in [5, 5.41) is 3.44. The van der Waals surface area contributed by atoms with Gasteiger partial charge in [-0.2, -0.15) is 0 Å². The molecule has 20 heavy (non-hydrogen) atoms. The molecule has 3 nitrogen and oxygen atoms in total. The minimum Gasteiger partial charge on any atom is -0.370 e. The number of aryl methyl sites for hydroxylation is 3. The second-order valence-electron chi connectivity index (χ2n) is 5.06. The van der Waals surface area contributed by atoms with Crippen molar-refractivity contribution in [3.8, 4) is 0 Å². The fourth-order valence-electron chi connectivity index (χ4n) is 2.14. The lowest BCUT2D eigenvalue weighted by Crippen LogP contribution is -2.08. The van der Waals surface area contributed by atoms with Crippen molar-refractivity contribution >= 4 is 5.82 Å². The minimum atomic E-state index is 0.826. The van der Waals surface area contributed by atoms with Crippen LogP contribution >= 0.6 is 0 Å². The Morgan fingerprint density at radius 2 is 1.90 bits per heavy atom. The normalized spacial score (nSPS) is 10.5. The molecule has 0 aliphatic carbocycles. The number of aromatic nitrogens is 2. The van der Waals surface area contributed by atoms with Gasteiger partial charge in [0.15, 0.2) is 0 Å². The van der Waals surface area contributed by atoms with Gasteiger partial charge in [0, 0.05) is 18.3 Å². The highest BCUT2D eigenvalue weighted by molar-refractivity contribution is 5.43. The standard InChI is InChI=1S/C17H23N3/c1-3-4-12-18-17-16(13-19-14(2)20-17)11-10-15-8-6-5-7-9-15/h5-9,13H,3-4,10-12H2,1-2H3,(H,18,19,20). The van der Waals surface area contributed by atoms with Crippen LogP contribution in [0.5, 0.6) is 0 Å². The molecule has 2 aromatic rings. The molecule has 106 valence electrons. The monoisotopic (exact) mass is 269 g/mol. The van der Waals surface area contributed by atoms with Crippen molar-refractivity contribution < 1.29 is 0 Å². The summed E-state index contributed by atoms with van der Waals surface area (Å²) < 4.78 is 0. The van der Waals surface area contributed by atoms with Gasteiger partial charge in [0.25, 0.3) is 0 Å². The molecule has 0 saturated heterocycles. The van der Waals surface area contributed by atoms with Gasteiger partial charge in [-0.1, -0.05) is 43.7 Å². The molecule has 0 radical (unpaired) electrons. The van der Waals surface area contributed by atoms with Crippen molar-refractivity contribution in [1.29, 1.82) is 0 Å². The summed E-state index contributed by atoms with van der Waals surface area (Å²) in [7, 11) is 0. The fraction of sp³-hybridized carbons (Fsp3) is 0.412. The Morgan fingerprint density at radius 3 is 2.65 bits per heavy atom. The third kappa shape index (κ3) is 4.34. The molecule has 0 aliphatic heterocycles. The second-order valence-corrected chi connectivity index (χ2v) is 5.06. The van der Waals surface area contributed by atoms with Crippen LogP contribution in [0.2, 0.25) is 0 Å². The van der Waals surface area contributed by atoms with E-state index in [0.29, 0.717) is 0 Å². The van der Waals surface area contributed by atoms with Gasteiger partial charge in [-0.05, 0) is 31.7 Å². The lowest BCUT2D eigenvalue weighted by molar-refractivity contribution is 0.822. The van der Waals surface area contributed by atoms with E-state index in [1.807, 2.05) is 13.1 Å². The van der Waals surface area contributed by atoms with E-state index in [4.69, 9.17) is 0 Å². The zero-order valence-electron chi connectivity index (χ0n) is 12.4. The topological polar surface area (TPSA) is 37.8 Å². The zero-order valence-corrected chi connectivity index (χ0v) is 12.4. The summed E-state index contributed by atoms with van der Waals surface area (Å²) in [6, 6.07) is 10.6. The Morgan fingerprint density at radius 1 is 1.10 bits per heavy atom. The van der Waals surface area contributed by atoms with Crippen LogP contribution in [-0.4, -0.2) is 16.5 Å². The van der Waals surface area contributed by atoms with Crippen LogP contribution in [0.4, 0.5) is 5.82 Å². The summed E-state index contributed by atoms with van der Waals surface area (Å²) in [6.45, 7) is 5.11. The highest BCUT2D eigenvalue weighted by atomic mass is 15.0. The molecule has 0 aliphatic rings. The number of unbranched alkanes of at least 4 members (excludes halogenated alkanes) is 1. The summed E-state index contributed by atoms with van der Waals surface area (Å²) >= 11 is 0. The maximum atomic E-state index is 4.54. The third-order valence-electron chi connectivity index (χ3n) is 3.33. The first kappa shape index (κ1) is 14.5. The second kappa shape index (κ2) is 7.63. The Hall–Kier alpha value is -1.90. The zero-order chi connectivity index (χ0) is 14.2. The molecular weight excluding hydrogens is 246 g/mol. The molecule has 0 atom stereocenters. The van der Waals surface area contributed by atoms with Crippen molar-refractivity contribution in [3.05, 3.63) is 53.5 Å². The van der Waals surface area contributed by atoms with Crippen molar-refractivity contribution in [3.63, 3.8) is 0 Å². The SMILES string of the molecule is CCCCNc1nc(C)ncc1CCc1ccccc1. The molecule has 2 rings (SSSR count). The van der Waals surface area contributed by atoms with Crippen molar-refractivity contribution in [2.24, 2.45) is 0 Å². The predicted molar refractivity (Wildman–Crippen MR) is 84.0 cm³/mol. The van der Waals surface area contributed by atoms with E-state index in [-0.39, 0.29) is 0 Å². The summed E-state index contributed by atoms with van der Waals surface area (Å²) in [5.74, 6) is 1.83. The molecule has 1 N–H and O–H groups in total. The molecule has 3 heteroatoms. The van der Waals surface area contributed by atoms with E-state index in [9.17, 15) is 0 Å². The first-order chi connectivity index (χ1) is 9.79. The van der Waals surface area contributed by atoms with Gasteiger partial charge >= 0.3 is 0 Å². The molecule has 0 saturated carbocycles. The van der Waals surface area contributed by atoms with Crippen molar-refractivity contribution in [2.45, 2.75) is 39.5 Å². The van der Waals surface area contributed by atoms with E-state index in [0.717, 1.165) is 31.0 Å². The lowest BCUT2D eigenvalue weighted by atomic mass is 10.1. The van der Waals surface area contributed by atoms with Gasteiger partial charge in [-0.3, -0.25) is 0 Å². The number of nitrogens with zero attached hydrogens (tertiary/aromatic N) is 2. The van der Waals surface area contributed by atoms with Crippen LogP contribution in [0, 0.1) is 6.92 Å². The first-order valence-electron chi connectivity index (χ1n) is 7.40. The first-order valence-corrected chi connectivity index (χ1v) is 7.40. The molecule has 0 spiro atoms. The van der Waals surface area contributed by atoms with Crippen LogP contribution in [-0.2, 0) is 12.8 Å². The molecule has 1 aromatic heterocycles. The van der Waals surface area contributed by atoms with Crippen LogP contribution in [0.15, 0.2) is 36.5 Å². The molecule has 0 fully saturated rings. The number of hydrogen-bond acceptors (Lipinski definition) is 3. The molecule has 0 bridgehead atoms. The van der Waals surface area contributed by atoms with Gasteiger partial charge in [0.2, 0.25) is 0 Å². The number of nitrogens with one attached hydrogen (secondary N) is 1. The number of hydrogen-bond donors (Lipinski definition) is 1. The van der Waals surface area contributed by atoms with E-state index >= 15 is 0 Å². The Bertz CT molecular complexity index is 523. The fourth-order valence-corrected chi connectivity index (χ4v) is 2.14. The average Bonchev–Trinajstić information content (AvgIpc) is 2.48. The predicted octanol–water partition coefficient (Wildman–Crippen LogP) is 3.78. The molecule has 0 unspecified atom stereocenters. The van der Waals surface area contributed by atoms with Gasteiger partial charge in [0.1, 0.15) is 11.6 Å². The van der Waals surface area contributed by atoms with Crippen LogP contribution in [0.25, 0.3) is 0 Å².